The number of hydrogen-bond donors (Lipinski definition) is 0. The first-order valence-electron chi connectivity index (χ1n) is 5.30. The molecule has 2 fully saturated rings. The molecule has 2 rings (SSSR count). The van der Waals surface area contributed by atoms with Crippen molar-refractivity contribution in [1.82, 2.24) is 0 Å². The Balaban J connectivity index is 1.71. The van der Waals surface area contributed by atoms with Crippen LogP contribution in [0, 0.1) is 0 Å². The Morgan fingerprint density at radius 1 is 0.636 bits per heavy atom. The molecule has 0 heterocycles. The van der Waals surface area contributed by atoms with Crippen LogP contribution in [0.4, 0.5) is 0 Å². The Morgan fingerprint density at radius 3 is 1.36 bits per heavy atom. The van der Waals surface area contributed by atoms with E-state index >= 15 is 0 Å². The molecule has 0 atom stereocenters. The molecule has 61 valence electrons. The zero-order chi connectivity index (χ0) is 7.52. The van der Waals surface area contributed by atoms with Crippen LogP contribution in [0.15, 0.2) is 0 Å². The highest BCUT2D eigenvalue weighted by atomic mass is 27.1. The van der Waals surface area contributed by atoms with Crippen molar-refractivity contribution in [3.05, 3.63) is 0 Å². The third kappa shape index (κ3) is 2.23. The molecule has 2 aliphatic rings. The van der Waals surface area contributed by atoms with E-state index in [1.54, 1.807) is 51.4 Å². The minimum absolute atomic E-state index is 0.852. The van der Waals surface area contributed by atoms with Crippen molar-refractivity contribution in [2.24, 2.45) is 0 Å². The van der Waals surface area contributed by atoms with E-state index < -0.39 is 0 Å². The molecule has 0 aliphatic heterocycles. The van der Waals surface area contributed by atoms with Gasteiger partial charge in [-0.3, -0.25) is 0 Å². The lowest BCUT2D eigenvalue weighted by Crippen LogP contribution is -2.05. The van der Waals surface area contributed by atoms with Crippen LogP contribution in [0.2, 0.25) is 9.56 Å². The summed E-state index contributed by atoms with van der Waals surface area (Å²) in [5, 5.41) is 0. The number of hydrogen-bond acceptors (Lipinski definition) is 0. The van der Waals surface area contributed by atoms with Gasteiger partial charge in [-0.1, -0.05) is 60.9 Å². The highest BCUT2D eigenvalue weighted by molar-refractivity contribution is 6.39. The Kier molecular flexibility index (Phi) is 2.94. The summed E-state index contributed by atoms with van der Waals surface area (Å²) in [6.45, 7) is 0. The SMILES string of the molecule is C1CC[CH]([Al][CH]2CCCC2)C1. The first-order chi connectivity index (χ1) is 5.45. The van der Waals surface area contributed by atoms with Gasteiger partial charge in [-0.2, -0.15) is 0 Å². The van der Waals surface area contributed by atoms with Gasteiger partial charge < -0.3 is 0 Å². The Labute approximate surface area is 76.5 Å². The summed E-state index contributed by atoms with van der Waals surface area (Å²) in [6, 6.07) is 0. The molecule has 0 unspecified atom stereocenters. The highest BCUT2D eigenvalue weighted by Gasteiger charge is 2.23. The lowest BCUT2D eigenvalue weighted by Gasteiger charge is -2.11. The molecule has 0 N–H and O–H groups in total. The normalized spacial score (nSPS) is 28.0. The van der Waals surface area contributed by atoms with Crippen LogP contribution in [0.3, 0.4) is 0 Å². The summed E-state index contributed by atoms with van der Waals surface area (Å²) in [5.74, 6) is 0. The number of rotatable bonds is 2. The minimum Gasteiger partial charge on any atom is -0.0929 e. The Hall–Kier alpha value is 0.532. The summed E-state index contributed by atoms with van der Waals surface area (Å²) >= 11 is 0.852. The van der Waals surface area contributed by atoms with Crippen molar-refractivity contribution in [3.8, 4) is 0 Å². The summed E-state index contributed by atoms with van der Waals surface area (Å²) in [6.07, 6.45) is 12.5. The maximum absolute atomic E-state index is 1.59. The van der Waals surface area contributed by atoms with Crippen molar-refractivity contribution in [1.29, 1.82) is 0 Å². The Bertz CT molecular complexity index is 96.0. The molecule has 0 spiro atoms. The van der Waals surface area contributed by atoms with Gasteiger partial charge in [0.25, 0.3) is 0 Å². The zero-order valence-electron chi connectivity index (χ0n) is 7.39. The van der Waals surface area contributed by atoms with E-state index in [4.69, 9.17) is 0 Å². The molecule has 0 aromatic rings. The van der Waals surface area contributed by atoms with Gasteiger partial charge in [0.05, 0.1) is 0 Å². The molecule has 0 aromatic heterocycles. The molecule has 1 heteroatoms. The first-order valence-corrected chi connectivity index (χ1v) is 6.63. The highest BCUT2D eigenvalue weighted by Crippen LogP contribution is 2.37. The third-order valence-electron chi connectivity index (χ3n) is 3.34. The standard InChI is InChI=1S/2C5H9.Al/c2*1-2-4-5-3-1;/h2*1H,2-5H2;. The maximum Gasteiger partial charge on any atom is 0.210 e. The van der Waals surface area contributed by atoms with Gasteiger partial charge in [0.1, 0.15) is 0 Å². The molecule has 2 aliphatic carbocycles. The molecule has 1 radical (unpaired) electrons. The van der Waals surface area contributed by atoms with Gasteiger partial charge in [0, 0.05) is 0 Å². The Morgan fingerprint density at radius 2 is 1.00 bits per heavy atom. The smallest absolute Gasteiger partial charge is 0.0929 e. The fourth-order valence-electron chi connectivity index (χ4n) is 2.68. The van der Waals surface area contributed by atoms with Crippen LogP contribution >= 0.6 is 0 Å². The van der Waals surface area contributed by atoms with Crippen LogP contribution in [-0.4, -0.2) is 15.2 Å². The van der Waals surface area contributed by atoms with Crippen LogP contribution in [-0.2, 0) is 0 Å². The lowest BCUT2D eigenvalue weighted by molar-refractivity contribution is 0.796. The fourth-order valence-corrected chi connectivity index (χ4v) is 5.17. The van der Waals surface area contributed by atoms with Gasteiger partial charge in [0.2, 0.25) is 15.2 Å². The van der Waals surface area contributed by atoms with E-state index in [2.05, 4.69) is 0 Å². The molecule has 0 aromatic carbocycles. The zero-order valence-corrected chi connectivity index (χ0v) is 8.54. The predicted molar refractivity (Wildman–Crippen MR) is 50.2 cm³/mol. The monoisotopic (exact) mass is 165 g/mol. The first kappa shape index (κ1) is 8.15. The van der Waals surface area contributed by atoms with E-state index in [0.717, 1.165) is 15.2 Å². The van der Waals surface area contributed by atoms with Gasteiger partial charge in [0.15, 0.2) is 0 Å². The van der Waals surface area contributed by atoms with Crippen LogP contribution < -0.4 is 0 Å². The van der Waals surface area contributed by atoms with Crippen molar-refractivity contribution < 1.29 is 0 Å². The maximum atomic E-state index is 1.59. The van der Waals surface area contributed by atoms with E-state index in [0.29, 0.717) is 0 Å². The van der Waals surface area contributed by atoms with Gasteiger partial charge >= 0.3 is 0 Å². The predicted octanol–water partition coefficient (Wildman–Crippen LogP) is 3.42. The van der Waals surface area contributed by atoms with E-state index in [1.165, 1.54) is 9.56 Å². The molecule has 0 saturated heterocycles. The van der Waals surface area contributed by atoms with Crippen LogP contribution in [0.5, 0.6) is 0 Å². The quantitative estimate of drug-likeness (QED) is 0.550. The van der Waals surface area contributed by atoms with Gasteiger partial charge in [-0.05, 0) is 0 Å². The molecule has 2 saturated carbocycles. The van der Waals surface area contributed by atoms with E-state index in [1.807, 2.05) is 0 Å². The second kappa shape index (κ2) is 3.97. The molecule has 0 amide bonds. The summed E-state index contributed by atoms with van der Waals surface area (Å²) in [7, 11) is 0. The largest absolute Gasteiger partial charge is 0.210 e. The molecule has 0 nitrogen and oxygen atoms in total. The average Bonchev–Trinajstić information content (AvgIpc) is 2.60. The second-order valence-electron chi connectivity index (χ2n) is 4.28. The molecule has 0 bridgehead atoms. The second-order valence-corrected chi connectivity index (χ2v) is 6.55. The summed E-state index contributed by atoms with van der Waals surface area (Å²) < 4.78 is 2.44. The fraction of sp³-hybridized carbons (Fsp3) is 1.00. The molecular weight excluding hydrogens is 147 g/mol. The van der Waals surface area contributed by atoms with Gasteiger partial charge in [-0.25, -0.2) is 0 Å². The molecule has 11 heavy (non-hydrogen) atoms. The average molecular weight is 165 g/mol. The van der Waals surface area contributed by atoms with Crippen molar-refractivity contribution in [3.63, 3.8) is 0 Å². The van der Waals surface area contributed by atoms with Crippen LogP contribution in [0.1, 0.15) is 51.4 Å². The van der Waals surface area contributed by atoms with Crippen molar-refractivity contribution >= 4 is 15.2 Å². The summed E-state index contributed by atoms with van der Waals surface area (Å²) in [5.41, 5.74) is 0. The van der Waals surface area contributed by atoms with Crippen molar-refractivity contribution in [2.45, 2.75) is 60.9 Å². The van der Waals surface area contributed by atoms with Crippen LogP contribution in [0.25, 0.3) is 0 Å². The van der Waals surface area contributed by atoms with Gasteiger partial charge in [-0.15, -0.1) is 0 Å². The van der Waals surface area contributed by atoms with E-state index in [9.17, 15) is 0 Å². The summed E-state index contributed by atoms with van der Waals surface area (Å²) in [4.78, 5) is 0. The van der Waals surface area contributed by atoms with E-state index in [-0.39, 0.29) is 0 Å². The lowest BCUT2D eigenvalue weighted by atomic mass is 10.3. The third-order valence-corrected chi connectivity index (χ3v) is 5.77. The molecular formula is C10H18Al. The van der Waals surface area contributed by atoms with Crippen molar-refractivity contribution in [2.75, 3.05) is 0 Å². The topological polar surface area (TPSA) is 0 Å². The minimum atomic E-state index is 0.852.